The number of hydrogen-bond donors (Lipinski definition) is 0. The summed E-state index contributed by atoms with van der Waals surface area (Å²) in [5.74, 6) is 0. The lowest BCUT2D eigenvalue weighted by Crippen LogP contribution is -2.10. The molecular weight excluding hydrogens is 160 g/mol. The van der Waals surface area contributed by atoms with Crippen LogP contribution >= 0.6 is 0 Å². The van der Waals surface area contributed by atoms with Crippen molar-refractivity contribution in [1.82, 2.24) is 4.90 Å². The lowest BCUT2D eigenvalue weighted by Gasteiger charge is -2.09. The van der Waals surface area contributed by atoms with E-state index in [4.69, 9.17) is 5.26 Å². The van der Waals surface area contributed by atoms with Gasteiger partial charge in [0, 0.05) is 7.05 Å². The lowest BCUT2D eigenvalue weighted by molar-refractivity contribution is 0.469. The predicted octanol–water partition coefficient (Wildman–Crippen LogP) is 2.22. The van der Waals surface area contributed by atoms with E-state index in [0.717, 1.165) is 0 Å². The van der Waals surface area contributed by atoms with Gasteiger partial charge in [-0.05, 0) is 30.5 Å². The molecule has 0 aromatic heterocycles. The van der Waals surface area contributed by atoms with Gasteiger partial charge in [-0.3, -0.25) is 0 Å². The molecular formula is C11H14N2. The van der Waals surface area contributed by atoms with Gasteiger partial charge in [0.25, 0.3) is 0 Å². The van der Waals surface area contributed by atoms with Gasteiger partial charge in [-0.1, -0.05) is 18.2 Å². The van der Waals surface area contributed by atoms with Crippen molar-refractivity contribution < 1.29 is 0 Å². The van der Waals surface area contributed by atoms with Crippen LogP contribution in [0.1, 0.15) is 16.7 Å². The summed E-state index contributed by atoms with van der Waals surface area (Å²) in [5, 5.41) is 8.60. The highest BCUT2D eigenvalue weighted by atomic mass is 15.1. The van der Waals surface area contributed by atoms with Crippen LogP contribution < -0.4 is 0 Å². The third-order valence-electron chi connectivity index (χ3n) is 2.16. The molecule has 0 heterocycles. The van der Waals surface area contributed by atoms with E-state index in [9.17, 15) is 0 Å². The summed E-state index contributed by atoms with van der Waals surface area (Å²) in [6, 6.07) is 6.29. The maximum Gasteiger partial charge on any atom is 0.179 e. The Bertz CT molecular complexity index is 336. The Morgan fingerprint density at radius 3 is 2.54 bits per heavy atom. The molecule has 0 bridgehead atoms. The SMILES string of the molecule is Cc1ccc(CN(C)C#N)cc1C. The fraction of sp³-hybridized carbons (Fsp3) is 0.364. The van der Waals surface area contributed by atoms with Gasteiger partial charge < -0.3 is 4.90 Å². The molecule has 0 saturated heterocycles. The zero-order chi connectivity index (χ0) is 9.84. The predicted molar refractivity (Wildman–Crippen MR) is 53.0 cm³/mol. The Labute approximate surface area is 79.4 Å². The summed E-state index contributed by atoms with van der Waals surface area (Å²) >= 11 is 0. The second-order valence-corrected chi connectivity index (χ2v) is 3.37. The van der Waals surface area contributed by atoms with Crippen LogP contribution in [-0.2, 0) is 6.54 Å². The second-order valence-electron chi connectivity index (χ2n) is 3.37. The minimum absolute atomic E-state index is 0.692. The van der Waals surface area contributed by atoms with Crippen molar-refractivity contribution in [3.8, 4) is 6.19 Å². The van der Waals surface area contributed by atoms with E-state index in [-0.39, 0.29) is 0 Å². The molecule has 68 valence electrons. The highest BCUT2D eigenvalue weighted by Crippen LogP contribution is 2.10. The van der Waals surface area contributed by atoms with Crippen molar-refractivity contribution in [1.29, 1.82) is 5.26 Å². The van der Waals surface area contributed by atoms with Gasteiger partial charge in [0.15, 0.2) is 6.19 Å². The van der Waals surface area contributed by atoms with Gasteiger partial charge in [-0.15, -0.1) is 0 Å². The first kappa shape index (κ1) is 9.60. The first-order valence-electron chi connectivity index (χ1n) is 4.30. The van der Waals surface area contributed by atoms with Gasteiger partial charge in [0.05, 0.1) is 6.54 Å². The number of benzene rings is 1. The maximum atomic E-state index is 8.60. The van der Waals surface area contributed by atoms with Crippen molar-refractivity contribution in [2.75, 3.05) is 7.05 Å². The first-order chi connectivity index (χ1) is 6.13. The van der Waals surface area contributed by atoms with E-state index in [0.29, 0.717) is 6.54 Å². The monoisotopic (exact) mass is 174 g/mol. The minimum Gasteiger partial charge on any atom is -0.309 e. The topological polar surface area (TPSA) is 27.0 Å². The number of hydrogen-bond acceptors (Lipinski definition) is 2. The van der Waals surface area contributed by atoms with Crippen molar-refractivity contribution >= 4 is 0 Å². The fourth-order valence-corrected chi connectivity index (χ4v) is 1.21. The van der Waals surface area contributed by atoms with Crippen molar-refractivity contribution in [2.45, 2.75) is 20.4 Å². The third kappa shape index (κ3) is 2.48. The first-order valence-corrected chi connectivity index (χ1v) is 4.30. The second kappa shape index (κ2) is 3.95. The zero-order valence-corrected chi connectivity index (χ0v) is 8.33. The van der Waals surface area contributed by atoms with E-state index < -0.39 is 0 Å². The summed E-state index contributed by atoms with van der Waals surface area (Å²) < 4.78 is 0. The number of rotatable bonds is 2. The summed E-state index contributed by atoms with van der Waals surface area (Å²) in [5.41, 5.74) is 3.76. The molecule has 0 radical (unpaired) electrons. The van der Waals surface area contributed by atoms with Crippen molar-refractivity contribution in [3.63, 3.8) is 0 Å². The van der Waals surface area contributed by atoms with Crippen LogP contribution in [0.25, 0.3) is 0 Å². The number of aryl methyl sites for hydroxylation is 2. The average Bonchev–Trinajstić information content (AvgIpc) is 2.11. The largest absolute Gasteiger partial charge is 0.309 e. The van der Waals surface area contributed by atoms with Crippen molar-refractivity contribution in [2.24, 2.45) is 0 Å². The summed E-state index contributed by atoms with van der Waals surface area (Å²) in [6.07, 6.45) is 2.08. The molecule has 0 aliphatic carbocycles. The van der Waals surface area contributed by atoms with Crippen LogP contribution in [-0.4, -0.2) is 11.9 Å². The molecule has 2 heteroatoms. The molecule has 0 spiro atoms. The molecule has 1 rings (SSSR count). The molecule has 0 amide bonds. The molecule has 0 aliphatic rings. The van der Waals surface area contributed by atoms with Crippen LogP contribution in [0.15, 0.2) is 18.2 Å². The van der Waals surface area contributed by atoms with E-state index >= 15 is 0 Å². The Morgan fingerprint density at radius 1 is 1.31 bits per heavy atom. The number of nitrogens with zero attached hydrogens (tertiary/aromatic N) is 2. The maximum absolute atomic E-state index is 8.60. The van der Waals surface area contributed by atoms with Crippen LogP contribution in [0.3, 0.4) is 0 Å². The molecule has 0 fully saturated rings. The molecule has 1 aromatic carbocycles. The summed E-state index contributed by atoms with van der Waals surface area (Å²) in [7, 11) is 1.79. The van der Waals surface area contributed by atoms with E-state index in [1.165, 1.54) is 16.7 Å². The lowest BCUT2D eigenvalue weighted by atomic mass is 10.1. The Hall–Kier alpha value is -1.49. The molecule has 0 aliphatic heterocycles. The van der Waals surface area contributed by atoms with Crippen LogP contribution in [0.5, 0.6) is 0 Å². The summed E-state index contributed by atoms with van der Waals surface area (Å²) in [6.45, 7) is 4.87. The molecule has 2 nitrogen and oxygen atoms in total. The Kier molecular flexibility index (Phi) is 2.92. The van der Waals surface area contributed by atoms with Gasteiger partial charge in [-0.2, -0.15) is 5.26 Å². The molecule has 0 atom stereocenters. The van der Waals surface area contributed by atoms with Gasteiger partial charge >= 0.3 is 0 Å². The normalized spacial score (nSPS) is 9.38. The van der Waals surface area contributed by atoms with E-state index in [2.05, 4.69) is 38.2 Å². The van der Waals surface area contributed by atoms with Gasteiger partial charge in [-0.25, -0.2) is 0 Å². The Balaban J connectivity index is 2.81. The molecule has 0 N–H and O–H groups in total. The average molecular weight is 174 g/mol. The van der Waals surface area contributed by atoms with Crippen LogP contribution in [0, 0.1) is 25.3 Å². The standard InChI is InChI=1S/C11H14N2/c1-9-4-5-11(6-10(9)2)7-13(3)8-12/h4-6H,7H2,1-3H3. The van der Waals surface area contributed by atoms with E-state index in [1.807, 2.05) is 0 Å². The minimum atomic E-state index is 0.692. The van der Waals surface area contributed by atoms with Gasteiger partial charge in [0.1, 0.15) is 0 Å². The van der Waals surface area contributed by atoms with Crippen molar-refractivity contribution in [3.05, 3.63) is 34.9 Å². The Morgan fingerprint density at radius 2 is 2.00 bits per heavy atom. The zero-order valence-electron chi connectivity index (χ0n) is 8.33. The van der Waals surface area contributed by atoms with Crippen LogP contribution in [0.2, 0.25) is 0 Å². The van der Waals surface area contributed by atoms with Gasteiger partial charge in [0.2, 0.25) is 0 Å². The molecule has 0 unspecified atom stereocenters. The van der Waals surface area contributed by atoms with Crippen LogP contribution in [0.4, 0.5) is 0 Å². The number of nitriles is 1. The highest BCUT2D eigenvalue weighted by molar-refractivity contribution is 5.29. The molecule has 13 heavy (non-hydrogen) atoms. The third-order valence-corrected chi connectivity index (χ3v) is 2.16. The molecule has 0 saturated carbocycles. The quantitative estimate of drug-likeness (QED) is 0.507. The van der Waals surface area contributed by atoms with E-state index in [1.54, 1.807) is 11.9 Å². The fourth-order valence-electron chi connectivity index (χ4n) is 1.21. The smallest absolute Gasteiger partial charge is 0.179 e. The summed E-state index contributed by atoms with van der Waals surface area (Å²) in [4.78, 5) is 1.62. The molecule has 1 aromatic rings. The highest BCUT2D eigenvalue weighted by Gasteiger charge is 1.98.